The summed E-state index contributed by atoms with van der Waals surface area (Å²) in [6, 6.07) is 12.6. The van der Waals surface area contributed by atoms with E-state index in [1.54, 1.807) is 6.26 Å². The Morgan fingerprint density at radius 3 is 2.47 bits per heavy atom. The molecule has 1 nitrogen and oxygen atoms in total. The minimum absolute atomic E-state index is 1.03. The van der Waals surface area contributed by atoms with Crippen LogP contribution in [0.3, 0.4) is 0 Å². The van der Waals surface area contributed by atoms with Crippen LogP contribution in [0, 0.1) is 3.57 Å². The van der Waals surface area contributed by atoms with Gasteiger partial charge in [-0.25, -0.2) is 0 Å². The van der Waals surface area contributed by atoms with Crippen molar-refractivity contribution < 1.29 is 4.42 Å². The maximum Gasteiger partial charge on any atom is 0.117 e. The Balaban J connectivity index is 1.83. The van der Waals surface area contributed by atoms with Crippen molar-refractivity contribution in [2.75, 3.05) is 0 Å². The fourth-order valence-corrected chi connectivity index (χ4v) is 2.14. The van der Waals surface area contributed by atoms with Crippen LogP contribution >= 0.6 is 22.6 Å². The molecule has 2 heteroatoms. The molecule has 1 aromatic carbocycles. The molecule has 0 spiro atoms. The van der Waals surface area contributed by atoms with Crippen molar-refractivity contribution in [3.63, 3.8) is 0 Å². The van der Waals surface area contributed by atoms with Crippen LogP contribution in [-0.2, 0) is 12.8 Å². The Kier molecular flexibility index (Phi) is 3.83. The standard InChI is InChI=1S/C13H13IO/c14-12-9-10-15-13(12)8-4-7-11-5-2-1-3-6-11/h1-3,5-6,9-10H,4,7-8H2. The van der Waals surface area contributed by atoms with Crippen molar-refractivity contribution in [3.8, 4) is 0 Å². The van der Waals surface area contributed by atoms with E-state index >= 15 is 0 Å². The fraction of sp³-hybridized carbons (Fsp3) is 0.231. The van der Waals surface area contributed by atoms with E-state index < -0.39 is 0 Å². The first-order valence-electron chi connectivity index (χ1n) is 5.12. The third-order valence-electron chi connectivity index (χ3n) is 2.40. The van der Waals surface area contributed by atoms with Gasteiger partial charge in [0.2, 0.25) is 0 Å². The molecule has 0 aliphatic carbocycles. The summed E-state index contributed by atoms with van der Waals surface area (Å²) >= 11 is 2.32. The van der Waals surface area contributed by atoms with Crippen LogP contribution in [0.15, 0.2) is 47.1 Å². The van der Waals surface area contributed by atoms with Crippen LogP contribution in [0.2, 0.25) is 0 Å². The monoisotopic (exact) mass is 312 g/mol. The molecule has 0 radical (unpaired) electrons. The summed E-state index contributed by atoms with van der Waals surface area (Å²) in [5.74, 6) is 1.12. The lowest BCUT2D eigenvalue weighted by molar-refractivity contribution is 0.499. The van der Waals surface area contributed by atoms with Gasteiger partial charge in [-0.3, -0.25) is 0 Å². The lowest BCUT2D eigenvalue weighted by Crippen LogP contribution is -1.89. The van der Waals surface area contributed by atoms with E-state index in [0.29, 0.717) is 0 Å². The molecule has 1 aromatic heterocycles. The van der Waals surface area contributed by atoms with Gasteiger partial charge in [0, 0.05) is 6.42 Å². The molecular formula is C13H13IO. The molecule has 0 bridgehead atoms. The summed E-state index contributed by atoms with van der Waals surface area (Å²) in [5.41, 5.74) is 1.40. The van der Waals surface area contributed by atoms with Crippen molar-refractivity contribution in [2.45, 2.75) is 19.3 Å². The van der Waals surface area contributed by atoms with Gasteiger partial charge in [0.05, 0.1) is 9.83 Å². The van der Waals surface area contributed by atoms with Gasteiger partial charge in [0.15, 0.2) is 0 Å². The van der Waals surface area contributed by atoms with Gasteiger partial charge in [-0.15, -0.1) is 0 Å². The largest absolute Gasteiger partial charge is 0.468 e. The highest BCUT2D eigenvalue weighted by molar-refractivity contribution is 14.1. The quantitative estimate of drug-likeness (QED) is 0.776. The number of halogens is 1. The molecule has 2 rings (SSSR count). The van der Waals surface area contributed by atoms with E-state index in [1.807, 2.05) is 6.07 Å². The van der Waals surface area contributed by atoms with Gasteiger partial charge in [-0.2, -0.15) is 0 Å². The molecule has 78 valence electrons. The summed E-state index contributed by atoms with van der Waals surface area (Å²) in [6.45, 7) is 0. The lowest BCUT2D eigenvalue weighted by atomic mass is 10.1. The number of hydrogen-bond acceptors (Lipinski definition) is 1. The smallest absolute Gasteiger partial charge is 0.117 e. The highest BCUT2D eigenvalue weighted by atomic mass is 127. The lowest BCUT2D eigenvalue weighted by Gasteiger charge is -2.00. The maximum atomic E-state index is 5.39. The predicted molar refractivity (Wildman–Crippen MR) is 69.9 cm³/mol. The van der Waals surface area contributed by atoms with E-state index in [-0.39, 0.29) is 0 Å². The Morgan fingerprint density at radius 1 is 1.00 bits per heavy atom. The number of benzene rings is 1. The van der Waals surface area contributed by atoms with E-state index in [9.17, 15) is 0 Å². The topological polar surface area (TPSA) is 13.1 Å². The summed E-state index contributed by atoms with van der Waals surface area (Å²) in [7, 11) is 0. The first kappa shape index (κ1) is 10.7. The molecule has 0 aliphatic heterocycles. The van der Waals surface area contributed by atoms with Crippen molar-refractivity contribution in [2.24, 2.45) is 0 Å². The summed E-state index contributed by atoms with van der Waals surface area (Å²) in [4.78, 5) is 0. The van der Waals surface area contributed by atoms with Crippen molar-refractivity contribution in [3.05, 3.63) is 57.6 Å². The molecule has 0 fully saturated rings. The molecule has 0 atom stereocenters. The molecule has 0 aliphatic rings. The summed E-state index contributed by atoms with van der Waals surface area (Å²) < 4.78 is 6.63. The second-order valence-corrected chi connectivity index (χ2v) is 4.69. The van der Waals surface area contributed by atoms with Gasteiger partial charge in [0.1, 0.15) is 5.76 Å². The molecule has 0 saturated carbocycles. The number of rotatable bonds is 4. The molecular weight excluding hydrogens is 299 g/mol. The molecule has 0 N–H and O–H groups in total. The Morgan fingerprint density at radius 2 is 1.80 bits per heavy atom. The van der Waals surface area contributed by atoms with Gasteiger partial charge < -0.3 is 4.42 Å². The van der Waals surface area contributed by atoms with E-state index in [0.717, 1.165) is 25.0 Å². The zero-order valence-electron chi connectivity index (χ0n) is 8.45. The number of aryl methyl sites for hydroxylation is 2. The van der Waals surface area contributed by atoms with Crippen LogP contribution in [0.5, 0.6) is 0 Å². The van der Waals surface area contributed by atoms with E-state index in [4.69, 9.17) is 4.42 Å². The van der Waals surface area contributed by atoms with Crippen LogP contribution in [0.25, 0.3) is 0 Å². The Labute approximate surface area is 104 Å². The minimum Gasteiger partial charge on any atom is -0.468 e. The zero-order chi connectivity index (χ0) is 10.5. The van der Waals surface area contributed by atoms with Crippen molar-refractivity contribution >= 4 is 22.6 Å². The molecule has 2 aromatic rings. The second-order valence-electron chi connectivity index (χ2n) is 3.53. The first-order chi connectivity index (χ1) is 7.36. The van der Waals surface area contributed by atoms with Gasteiger partial charge in [-0.05, 0) is 47.1 Å². The molecule has 15 heavy (non-hydrogen) atoms. The average Bonchev–Trinajstić information content (AvgIpc) is 2.66. The van der Waals surface area contributed by atoms with Crippen molar-refractivity contribution in [1.29, 1.82) is 0 Å². The average molecular weight is 312 g/mol. The molecule has 0 unspecified atom stereocenters. The second kappa shape index (κ2) is 5.35. The third-order valence-corrected chi connectivity index (χ3v) is 3.36. The van der Waals surface area contributed by atoms with Gasteiger partial charge in [0.25, 0.3) is 0 Å². The van der Waals surface area contributed by atoms with Gasteiger partial charge >= 0.3 is 0 Å². The van der Waals surface area contributed by atoms with Crippen molar-refractivity contribution in [1.82, 2.24) is 0 Å². The highest BCUT2D eigenvalue weighted by Crippen LogP contribution is 2.16. The third kappa shape index (κ3) is 3.09. The summed E-state index contributed by atoms with van der Waals surface area (Å²) in [5, 5.41) is 0. The van der Waals surface area contributed by atoms with Crippen LogP contribution in [-0.4, -0.2) is 0 Å². The van der Waals surface area contributed by atoms with E-state index in [2.05, 4.69) is 52.9 Å². The van der Waals surface area contributed by atoms with Crippen LogP contribution in [0.4, 0.5) is 0 Å². The zero-order valence-corrected chi connectivity index (χ0v) is 10.6. The Hall–Kier alpha value is -0.770. The van der Waals surface area contributed by atoms with Crippen LogP contribution < -0.4 is 0 Å². The number of hydrogen-bond donors (Lipinski definition) is 0. The van der Waals surface area contributed by atoms with Crippen LogP contribution in [0.1, 0.15) is 17.7 Å². The molecule has 1 heterocycles. The normalized spacial score (nSPS) is 10.5. The Bertz CT molecular complexity index is 405. The molecule has 0 amide bonds. The SMILES string of the molecule is Ic1ccoc1CCCc1ccccc1. The first-order valence-corrected chi connectivity index (χ1v) is 6.20. The highest BCUT2D eigenvalue weighted by Gasteiger charge is 2.02. The van der Waals surface area contributed by atoms with E-state index in [1.165, 1.54) is 9.13 Å². The maximum absolute atomic E-state index is 5.39. The predicted octanol–water partition coefficient (Wildman–Crippen LogP) is 4.06. The van der Waals surface area contributed by atoms with Gasteiger partial charge in [-0.1, -0.05) is 30.3 Å². The minimum atomic E-state index is 1.03. The fourth-order valence-electron chi connectivity index (χ4n) is 1.60. The molecule has 0 saturated heterocycles. The number of furan rings is 1. The summed E-state index contributed by atoms with van der Waals surface area (Å²) in [6.07, 6.45) is 5.06.